The Kier molecular flexibility index (Phi) is 6.96. The van der Waals surface area contributed by atoms with E-state index in [9.17, 15) is 14.4 Å². The SMILES string of the molecule is COc1ccc(C)cc1NC(=O)COC(=O)C1CCCCC1C(=O)N1CCc2ccccc21. The lowest BCUT2D eigenvalue weighted by Crippen LogP contribution is -2.42. The van der Waals surface area contributed by atoms with Gasteiger partial charge in [0.25, 0.3) is 5.91 Å². The van der Waals surface area contributed by atoms with Crippen LogP contribution < -0.4 is 15.0 Å². The lowest BCUT2D eigenvalue weighted by molar-refractivity contribution is -0.156. The zero-order valence-corrected chi connectivity index (χ0v) is 19.1. The summed E-state index contributed by atoms with van der Waals surface area (Å²) in [5.41, 5.74) is 3.59. The van der Waals surface area contributed by atoms with Gasteiger partial charge in [0.2, 0.25) is 5.91 Å². The number of methoxy groups -OCH3 is 1. The molecule has 1 saturated carbocycles. The first-order valence-corrected chi connectivity index (χ1v) is 11.5. The van der Waals surface area contributed by atoms with Crippen molar-refractivity contribution >= 4 is 29.2 Å². The second-order valence-corrected chi connectivity index (χ2v) is 8.73. The largest absolute Gasteiger partial charge is 0.495 e. The number of anilines is 2. The molecule has 2 unspecified atom stereocenters. The molecule has 33 heavy (non-hydrogen) atoms. The summed E-state index contributed by atoms with van der Waals surface area (Å²) < 4.78 is 10.6. The van der Waals surface area contributed by atoms with Gasteiger partial charge in [0.1, 0.15) is 5.75 Å². The van der Waals surface area contributed by atoms with E-state index in [0.29, 0.717) is 30.8 Å². The molecular formula is C26H30N2O5. The summed E-state index contributed by atoms with van der Waals surface area (Å²) in [5, 5.41) is 2.73. The molecule has 1 aliphatic carbocycles. The highest BCUT2D eigenvalue weighted by atomic mass is 16.5. The van der Waals surface area contributed by atoms with Crippen LogP contribution in [0.2, 0.25) is 0 Å². The number of ether oxygens (including phenoxy) is 2. The molecule has 0 aromatic heterocycles. The fraction of sp³-hybridized carbons (Fsp3) is 0.423. The van der Waals surface area contributed by atoms with Crippen molar-refractivity contribution in [1.29, 1.82) is 0 Å². The second kappa shape index (κ2) is 10.1. The van der Waals surface area contributed by atoms with E-state index < -0.39 is 30.3 Å². The number of fused-ring (bicyclic) bond motifs is 1. The number of nitrogens with one attached hydrogen (secondary N) is 1. The zero-order valence-electron chi connectivity index (χ0n) is 19.1. The summed E-state index contributed by atoms with van der Waals surface area (Å²) in [7, 11) is 1.53. The zero-order chi connectivity index (χ0) is 23.4. The minimum atomic E-state index is -0.527. The van der Waals surface area contributed by atoms with Gasteiger partial charge in [0, 0.05) is 12.2 Å². The minimum absolute atomic E-state index is 0.0180. The van der Waals surface area contributed by atoms with Gasteiger partial charge in [-0.05, 0) is 55.5 Å². The van der Waals surface area contributed by atoms with Gasteiger partial charge in [-0.1, -0.05) is 37.1 Å². The fourth-order valence-electron chi connectivity index (χ4n) is 4.83. The smallest absolute Gasteiger partial charge is 0.310 e. The van der Waals surface area contributed by atoms with Crippen molar-refractivity contribution in [2.75, 3.05) is 30.5 Å². The van der Waals surface area contributed by atoms with E-state index in [1.54, 1.807) is 12.1 Å². The van der Waals surface area contributed by atoms with Crippen molar-refractivity contribution in [1.82, 2.24) is 0 Å². The van der Waals surface area contributed by atoms with Gasteiger partial charge in [0.15, 0.2) is 6.61 Å². The first kappa shape index (κ1) is 22.8. The number of carbonyl (C=O) groups is 3. The predicted octanol–water partition coefficient (Wildman–Crippen LogP) is 3.88. The number of nitrogens with zero attached hydrogens (tertiary/aromatic N) is 1. The van der Waals surface area contributed by atoms with Gasteiger partial charge < -0.3 is 19.7 Å². The first-order valence-electron chi connectivity index (χ1n) is 11.5. The summed E-state index contributed by atoms with van der Waals surface area (Å²) >= 11 is 0. The van der Waals surface area contributed by atoms with E-state index in [2.05, 4.69) is 5.32 Å². The van der Waals surface area contributed by atoms with Gasteiger partial charge in [-0.25, -0.2) is 0 Å². The standard InChI is InChI=1S/C26H30N2O5/c1-17-11-12-23(32-2)21(15-17)27-24(29)16-33-26(31)20-9-5-4-8-19(20)25(30)28-14-13-18-7-3-6-10-22(18)28/h3,6-7,10-12,15,19-20H,4-5,8-9,13-14,16H2,1-2H3,(H,27,29). The molecule has 1 fully saturated rings. The first-order chi connectivity index (χ1) is 16.0. The predicted molar refractivity (Wildman–Crippen MR) is 125 cm³/mol. The van der Waals surface area contributed by atoms with Gasteiger partial charge >= 0.3 is 5.97 Å². The molecule has 4 rings (SSSR count). The van der Waals surface area contributed by atoms with Crippen molar-refractivity contribution in [2.45, 2.75) is 39.0 Å². The fourth-order valence-corrected chi connectivity index (χ4v) is 4.83. The highest BCUT2D eigenvalue weighted by molar-refractivity contribution is 5.99. The van der Waals surface area contributed by atoms with E-state index >= 15 is 0 Å². The Morgan fingerprint density at radius 1 is 1.06 bits per heavy atom. The number of hydrogen-bond donors (Lipinski definition) is 1. The van der Waals surface area contributed by atoms with Crippen LogP contribution in [0.3, 0.4) is 0 Å². The van der Waals surface area contributed by atoms with Crippen LogP contribution in [0, 0.1) is 18.8 Å². The summed E-state index contributed by atoms with van der Waals surface area (Å²) in [4.78, 5) is 40.5. The Morgan fingerprint density at radius 3 is 2.61 bits per heavy atom. The Hall–Kier alpha value is -3.35. The van der Waals surface area contributed by atoms with Gasteiger partial charge in [-0.3, -0.25) is 14.4 Å². The highest BCUT2D eigenvalue weighted by Crippen LogP contribution is 2.36. The normalized spacial score (nSPS) is 19.5. The third kappa shape index (κ3) is 5.02. The van der Waals surface area contributed by atoms with E-state index in [1.165, 1.54) is 7.11 Å². The third-order valence-electron chi connectivity index (χ3n) is 6.51. The molecule has 0 radical (unpaired) electrons. The number of amides is 2. The molecule has 2 amide bonds. The van der Waals surface area contributed by atoms with Crippen molar-refractivity contribution in [3.63, 3.8) is 0 Å². The number of benzene rings is 2. The molecular weight excluding hydrogens is 420 g/mol. The molecule has 7 heteroatoms. The van der Waals surface area contributed by atoms with Crippen LogP contribution in [0.5, 0.6) is 5.75 Å². The lowest BCUT2D eigenvalue weighted by atomic mass is 9.78. The molecule has 0 spiro atoms. The summed E-state index contributed by atoms with van der Waals surface area (Å²) in [5.74, 6) is -1.36. The molecule has 1 aliphatic heterocycles. The van der Waals surface area contributed by atoms with Crippen LogP contribution in [-0.2, 0) is 25.5 Å². The number of para-hydroxylation sites is 1. The Morgan fingerprint density at radius 2 is 1.82 bits per heavy atom. The molecule has 2 aromatic rings. The van der Waals surface area contributed by atoms with E-state index in [-0.39, 0.29) is 5.91 Å². The van der Waals surface area contributed by atoms with Crippen LogP contribution >= 0.6 is 0 Å². The molecule has 2 aromatic carbocycles. The number of esters is 1. The Balaban J connectivity index is 1.38. The van der Waals surface area contributed by atoms with Crippen LogP contribution in [0.15, 0.2) is 42.5 Å². The topological polar surface area (TPSA) is 84.9 Å². The molecule has 2 atom stereocenters. The van der Waals surface area contributed by atoms with Crippen LogP contribution in [0.1, 0.15) is 36.8 Å². The second-order valence-electron chi connectivity index (χ2n) is 8.73. The third-order valence-corrected chi connectivity index (χ3v) is 6.51. The number of hydrogen-bond acceptors (Lipinski definition) is 5. The highest BCUT2D eigenvalue weighted by Gasteiger charge is 2.40. The minimum Gasteiger partial charge on any atom is -0.495 e. The number of rotatable bonds is 6. The lowest BCUT2D eigenvalue weighted by Gasteiger charge is -2.32. The van der Waals surface area contributed by atoms with Crippen molar-refractivity contribution < 1.29 is 23.9 Å². The number of aryl methyl sites for hydroxylation is 1. The molecule has 0 saturated heterocycles. The van der Waals surface area contributed by atoms with E-state index in [4.69, 9.17) is 9.47 Å². The Labute approximate surface area is 194 Å². The average Bonchev–Trinajstić information content (AvgIpc) is 3.26. The van der Waals surface area contributed by atoms with Crippen LogP contribution in [0.4, 0.5) is 11.4 Å². The van der Waals surface area contributed by atoms with Crippen molar-refractivity contribution in [2.24, 2.45) is 11.8 Å². The molecule has 1 N–H and O–H groups in total. The van der Waals surface area contributed by atoms with Crippen molar-refractivity contribution in [3.8, 4) is 5.75 Å². The Bertz CT molecular complexity index is 1050. The molecule has 7 nitrogen and oxygen atoms in total. The van der Waals surface area contributed by atoms with E-state index in [0.717, 1.165) is 36.1 Å². The van der Waals surface area contributed by atoms with Gasteiger partial charge in [-0.2, -0.15) is 0 Å². The van der Waals surface area contributed by atoms with Crippen molar-refractivity contribution in [3.05, 3.63) is 53.6 Å². The molecule has 2 aliphatic rings. The maximum absolute atomic E-state index is 13.4. The maximum Gasteiger partial charge on any atom is 0.310 e. The summed E-state index contributed by atoms with van der Waals surface area (Å²) in [6.07, 6.45) is 3.85. The van der Waals surface area contributed by atoms with Gasteiger partial charge in [-0.15, -0.1) is 0 Å². The average molecular weight is 451 g/mol. The monoisotopic (exact) mass is 450 g/mol. The van der Waals surface area contributed by atoms with Crippen LogP contribution in [0.25, 0.3) is 0 Å². The summed E-state index contributed by atoms with van der Waals surface area (Å²) in [6, 6.07) is 13.3. The molecule has 174 valence electrons. The summed E-state index contributed by atoms with van der Waals surface area (Å²) in [6.45, 7) is 2.14. The van der Waals surface area contributed by atoms with E-state index in [1.807, 2.05) is 42.2 Å². The van der Waals surface area contributed by atoms with Crippen LogP contribution in [-0.4, -0.2) is 38.0 Å². The quantitative estimate of drug-likeness (QED) is 0.675. The maximum atomic E-state index is 13.4. The molecule has 1 heterocycles. The van der Waals surface area contributed by atoms with Gasteiger partial charge in [0.05, 0.1) is 24.6 Å². The number of carbonyl (C=O) groups excluding carboxylic acids is 3. The molecule has 0 bridgehead atoms.